The Kier molecular flexibility index (Phi) is 2.17. The van der Waals surface area contributed by atoms with E-state index in [1.807, 2.05) is 0 Å². The normalized spacial score (nSPS) is 49.1. The molecule has 3 aliphatic rings. The van der Waals surface area contributed by atoms with Gasteiger partial charge in [0.1, 0.15) is 6.10 Å². The van der Waals surface area contributed by atoms with Crippen LogP contribution in [-0.2, 0) is 9.53 Å². The molecule has 0 saturated heterocycles. The Hall–Kier alpha value is -0.790. The number of ether oxygens (including phenoxy) is 1. The first-order chi connectivity index (χ1) is 7.64. The summed E-state index contributed by atoms with van der Waals surface area (Å²) in [6.07, 6.45) is 7.96. The van der Waals surface area contributed by atoms with E-state index in [4.69, 9.17) is 4.74 Å². The Bertz CT molecular complexity index is 336. The Balaban J connectivity index is 1.77. The summed E-state index contributed by atoms with van der Waals surface area (Å²) in [7, 11) is 0. The lowest BCUT2D eigenvalue weighted by Crippen LogP contribution is -2.35. The molecule has 88 valence electrons. The highest BCUT2D eigenvalue weighted by atomic mass is 16.5. The van der Waals surface area contributed by atoms with Crippen LogP contribution in [0.5, 0.6) is 0 Å². The van der Waals surface area contributed by atoms with E-state index in [1.54, 1.807) is 0 Å². The van der Waals surface area contributed by atoms with Gasteiger partial charge in [0.25, 0.3) is 0 Å². The maximum Gasteiger partial charge on any atom is 0.330 e. The van der Waals surface area contributed by atoms with Gasteiger partial charge in [-0.05, 0) is 48.9 Å². The van der Waals surface area contributed by atoms with E-state index in [1.165, 1.54) is 31.8 Å². The van der Waals surface area contributed by atoms with Crippen LogP contribution in [0.1, 0.15) is 39.0 Å². The van der Waals surface area contributed by atoms with Gasteiger partial charge in [-0.25, -0.2) is 4.79 Å². The van der Waals surface area contributed by atoms with Crippen molar-refractivity contribution in [2.24, 2.45) is 23.2 Å². The molecule has 5 atom stereocenters. The highest BCUT2D eigenvalue weighted by Crippen LogP contribution is 2.65. The van der Waals surface area contributed by atoms with Crippen molar-refractivity contribution < 1.29 is 9.53 Å². The van der Waals surface area contributed by atoms with Crippen LogP contribution < -0.4 is 0 Å². The molecule has 2 nitrogen and oxygen atoms in total. The van der Waals surface area contributed by atoms with Crippen LogP contribution in [0.4, 0.5) is 0 Å². The molecule has 3 saturated carbocycles. The zero-order valence-electron chi connectivity index (χ0n) is 9.95. The van der Waals surface area contributed by atoms with Crippen molar-refractivity contribution in [3.63, 3.8) is 0 Å². The molecule has 3 aliphatic carbocycles. The average Bonchev–Trinajstić information content (AvgIpc) is 2.87. The third kappa shape index (κ3) is 1.28. The van der Waals surface area contributed by atoms with E-state index in [0.29, 0.717) is 11.3 Å². The molecule has 0 aromatic carbocycles. The third-order valence-corrected chi connectivity index (χ3v) is 5.30. The minimum atomic E-state index is -0.240. The quantitative estimate of drug-likeness (QED) is 0.528. The fourth-order valence-corrected chi connectivity index (χ4v) is 4.79. The average molecular weight is 220 g/mol. The molecule has 0 spiro atoms. The maximum atomic E-state index is 11.3. The molecule has 0 heterocycles. The number of carbonyl (C=O) groups excluding carboxylic acids is 1. The maximum absolute atomic E-state index is 11.3. The molecule has 2 heteroatoms. The summed E-state index contributed by atoms with van der Waals surface area (Å²) in [5.74, 6) is 2.15. The van der Waals surface area contributed by atoms with E-state index in [2.05, 4.69) is 13.5 Å². The fourth-order valence-electron chi connectivity index (χ4n) is 4.79. The fraction of sp³-hybridized carbons (Fsp3) is 0.786. The predicted octanol–water partition coefficient (Wildman–Crippen LogP) is 2.93. The minimum absolute atomic E-state index is 0.176. The van der Waals surface area contributed by atoms with Crippen LogP contribution in [0.3, 0.4) is 0 Å². The Morgan fingerprint density at radius 1 is 1.38 bits per heavy atom. The number of rotatable bonds is 2. The molecule has 0 radical (unpaired) electrons. The summed E-state index contributed by atoms with van der Waals surface area (Å²) < 4.78 is 5.51. The Labute approximate surface area is 97.1 Å². The number of hydrogen-bond acceptors (Lipinski definition) is 2. The SMILES string of the molecule is C=CC(=O)OC1CC2(C)CC1C1CCCC12. The zero-order valence-corrected chi connectivity index (χ0v) is 9.95. The number of carbonyl (C=O) groups is 1. The van der Waals surface area contributed by atoms with Gasteiger partial charge in [-0.1, -0.05) is 19.9 Å². The van der Waals surface area contributed by atoms with Crippen LogP contribution in [0.2, 0.25) is 0 Å². The van der Waals surface area contributed by atoms with Gasteiger partial charge in [0.15, 0.2) is 0 Å². The molecule has 0 N–H and O–H groups in total. The molecule has 2 bridgehead atoms. The Morgan fingerprint density at radius 3 is 2.94 bits per heavy atom. The summed E-state index contributed by atoms with van der Waals surface area (Å²) >= 11 is 0. The van der Waals surface area contributed by atoms with Crippen LogP contribution in [0.15, 0.2) is 12.7 Å². The summed E-state index contributed by atoms with van der Waals surface area (Å²) in [6.45, 7) is 5.87. The van der Waals surface area contributed by atoms with Gasteiger partial charge in [0.2, 0.25) is 0 Å². The van der Waals surface area contributed by atoms with Crippen LogP contribution in [0, 0.1) is 23.2 Å². The van der Waals surface area contributed by atoms with Crippen molar-refractivity contribution in [2.75, 3.05) is 0 Å². The molecule has 3 rings (SSSR count). The number of fused-ring (bicyclic) bond motifs is 5. The third-order valence-electron chi connectivity index (χ3n) is 5.30. The molecular weight excluding hydrogens is 200 g/mol. The molecule has 5 unspecified atom stereocenters. The molecule has 0 aromatic heterocycles. The lowest BCUT2D eigenvalue weighted by atomic mass is 9.72. The second-order valence-electron chi connectivity index (χ2n) is 6.11. The van der Waals surface area contributed by atoms with Crippen LogP contribution in [-0.4, -0.2) is 12.1 Å². The second kappa shape index (κ2) is 3.35. The van der Waals surface area contributed by atoms with E-state index >= 15 is 0 Å². The van der Waals surface area contributed by atoms with E-state index in [-0.39, 0.29) is 12.1 Å². The van der Waals surface area contributed by atoms with Crippen molar-refractivity contribution in [2.45, 2.75) is 45.1 Å². The van der Waals surface area contributed by atoms with Crippen molar-refractivity contribution in [3.8, 4) is 0 Å². The first kappa shape index (κ1) is 10.4. The lowest BCUT2D eigenvalue weighted by Gasteiger charge is -2.36. The highest BCUT2D eigenvalue weighted by Gasteiger charge is 2.61. The largest absolute Gasteiger partial charge is 0.459 e. The predicted molar refractivity (Wildman–Crippen MR) is 61.7 cm³/mol. The van der Waals surface area contributed by atoms with Gasteiger partial charge in [-0.15, -0.1) is 0 Å². The van der Waals surface area contributed by atoms with Crippen molar-refractivity contribution in [1.82, 2.24) is 0 Å². The topological polar surface area (TPSA) is 26.3 Å². The van der Waals surface area contributed by atoms with Gasteiger partial charge < -0.3 is 4.74 Å². The summed E-state index contributed by atoms with van der Waals surface area (Å²) in [5.41, 5.74) is 0.456. The van der Waals surface area contributed by atoms with Gasteiger partial charge in [-0.2, -0.15) is 0 Å². The van der Waals surface area contributed by atoms with Crippen molar-refractivity contribution >= 4 is 5.97 Å². The van der Waals surface area contributed by atoms with E-state index in [9.17, 15) is 4.79 Å². The van der Waals surface area contributed by atoms with Crippen molar-refractivity contribution in [1.29, 1.82) is 0 Å². The first-order valence-electron chi connectivity index (χ1n) is 6.47. The summed E-state index contributed by atoms with van der Waals surface area (Å²) in [5, 5.41) is 0. The van der Waals surface area contributed by atoms with Gasteiger partial charge in [-0.3, -0.25) is 0 Å². The van der Waals surface area contributed by atoms with E-state index in [0.717, 1.165) is 18.3 Å². The summed E-state index contributed by atoms with van der Waals surface area (Å²) in [4.78, 5) is 11.3. The van der Waals surface area contributed by atoms with Gasteiger partial charge >= 0.3 is 5.97 Å². The molecule has 0 amide bonds. The highest BCUT2D eigenvalue weighted by molar-refractivity contribution is 5.81. The van der Waals surface area contributed by atoms with Gasteiger partial charge in [0, 0.05) is 6.08 Å². The zero-order chi connectivity index (χ0) is 11.3. The molecular formula is C14H20O2. The van der Waals surface area contributed by atoms with E-state index < -0.39 is 0 Å². The minimum Gasteiger partial charge on any atom is -0.459 e. The molecule has 0 aromatic rings. The summed E-state index contributed by atoms with van der Waals surface area (Å²) in [6, 6.07) is 0. The molecule has 16 heavy (non-hydrogen) atoms. The number of hydrogen-bond donors (Lipinski definition) is 0. The molecule has 3 fully saturated rings. The lowest BCUT2D eigenvalue weighted by molar-refractivity contribution is -0.147. The standard InChI is InChI=1S/C14H20O2/c1-3-13(15)16-12-8-14(2)7-10(12)9-5-4-6-11(9)14/h3,9-12H,1,4-8H2,2H3. The second-order valence-corrected chi connectivity index (χ2v) is 6.11. The van der Waals surface area contributed by atoms with Crippen LogP contribution >= 0.6 is 0 Å². The first-order valence-corrected chi connectivity index (χ1v) is 6.47. The monoisotopic (exact) mass is 220 g/mol. The molecule has 0 aliphatic heterocycles. The number of esters is 1. The van der Waals surface area contributed by atoms with Crippen molar-refractivity contribution in [3.05, 3.63) is 12.7 Å². The van der Waals surface area contributed by atoms with Gasteiger partial charge in [0.05, 0.1) is 0 Å². The smallest absolute Gasteiger partial charge is 0.330 e. The Morgan fingerprint density at radius 2 is 2.19 bits per heavy atom. The van der Waals surface area contributed by atoms with Crippen LogP contribution in [0.25, 0.3) is 0 Å².